The second-order valence-corrected chi connectivity index (χ2v) is 10.8. The summed E-state index contributed by atoms with van der Waals surface area (Å²) in [6.07, 6.45) is 3.74. The van der Waals surface area contributed by atoms with E-state index in [1.807, 2.05) is 20.8 Å². The van der Waals surface area contributed by atoms with Gasteiger partial charge in [0.1, 0.15) is 18.3 Å². The first kappa shape index (κ1) is 30.0. The van der Waals surface area contributed by atoms with Gasteiger partial charge in [-0.3, -0.25) is 9.59 Å². The first-order valence-electron chi connectivity index (χ1n) is 14.0. The Hall–Kier alpha value is -1.22. The summed E-state index contributed by atoms with van der Waals surface area (Å²) in [4.78, 5) is 25.5. The second kappa shape index (κ2) is 15.1. The molecule has 1 amide bonds. The molecule has 0 aromatic rings. The number of carbonyl (C=O) groups is 2. The third-order valence-corrected chi connectivity index (χ3v) is 7.43. The molecule has 2 rings (SSSR count). The van der Waals surface area contributed by atoms with Gasteiger partial charge in [0.2, 0.25) is 5.91 Å². The summed E-state index contributed by atoms with van der Waals surface area (Å²) < 4.78 is 11.9. The molecule has 2 saturated heterocycles. The van der Waals surface area contributed by atoms with Gasteiger partial charge in [0.15, 0.2) is 6.10 Å². The fourth-order valence-electron chi connectivity index (χ4n) is 5.27. The maximum absolute atomic E-state index is 13.1. The van der Waals surface area contributed by atoms with Crippen LogP contribution in [0, 0.1) is 11.8 Å². The maximum atomic E-state index is 13.1. The number of hydrogen-bond acceptors (Lipinski definition) is 7. The molecule has 2 heterocycles. The Morgan fingerprint density at radius 3 is 2.37 bits per heavy atom. The van der Waals surface area contributed by atoms with Gasteiger partial charge in [0.05, 0.1) is 18.2 Å². The first-order valence-corrected chi connectivity index (χ1v) is 14.0. The molecule has 0 radical (unpaired) electrons. The number of amides is 1. The summed E-state index contributed by atoms with van der Waals surface area (Å²) in [6, 6.07) is -0.740. The van der Waals surface area contributed by atoms with Gasteiger partial charge in [-0.05, 0) is 44.1 Å². The number of esters is 1. The van der Waals surface area contributed by atoms with Gasteiger partial charge >= 0.3 is 5.97 Å². The van der Waals surface area contributed by atoms with Crippen molar-refractivity contribution in [3.63, 3.8) is 0 Å². The minimum absolute atomic E-state index is 0.0292. The largest absolute Gasteiger partial charge is 0.457 e. The molecule has 8 nitrogen and oxygen atoms in total. The zero-order valence-electron chi connectivity index (χ0n) is 22.5. The van der Waals surface area contributed by atoms with Gasteiger partial charge in [0.25, 0.3) is 0 Å². The average molecular weight is 499 g/mol. The predicted octanol–water partition coefficient (Wildman–Crippen LogP) is 3.08. The van der Waals surface area contributed by atoms with Gasteiger partial charge < -0.3 is 30.3 Å². The molecule has 0 aromatic heterocycles. The molecule has 0 aromatic carbocycles. The van der Waals surface area contributed by atoms with Crippen LogP contribution in [-0.2, 0) is 19.1 Å². The van der Waals surface area contributed by atoms with E-state index in [1.165, 1.54) is 6.42 Å². The number of aliphatic hydroxyl groups excluding tert-OH is 2. The highest BCUT2D eigenvalue weighted by Crippen LogP contribution is 2.31. The number of ether oxygens (including phenoxy) is 2. The van der Waals surface area contributed by atoms with Crippen molar-refractivity contribution in [3.8, 4) is 0 Å². The van der Waals surface area contributed by atoms with Crippen LogP contribution in [0.1, 0.15) is 98.8 Å². The molecule has 4 N–H and O–H groups in total. The number of unbranched alkanes of at least 4 members (excludes halogenated alkanes) is 3. The van der Waals surface area contributed by atoms with Crippen LogP contribution < -0.4 is 10.6 Å². The molecule has 0 saturated carbocycles. The van der Waals surface area contributed by atoms with Crippen LogP contribution in [0.15, 0.2) is 0 Å². The maximum Gasteiger partial charge on any atom is 0.306 e. The fourth-order valence-corrected chi connectivity index (χ4v) is 5.27. The van der Waals surface area contributed by atoms with E-state index in [0.29, 0.717) is 12.3 Å². The third-order valence-electron chi connectivity index (χ3n) is 7.43. The quantitative estimate of drug-likeness (QED) is 0.215. The lowest BCUT2D eigenvalue weighted by Crippen LogP contribution is -2.65. The average Bonchev–Trinajstić information content (AvgIpc) is 3.30. The lowest BCUT2D eigenvalue weighted by Gasteiger charge is -2.46. The number of hydrogen-bond donors (Lipinski definition) is 4. The summed E-state index contributed by atoms with van der Waals surface area (Å²) >= 11 is 0. The zero-order valence-corrected chi connectivity index (χ0v) is 22.5. The SMILES string of the molecule is CCCCCC(=O)OC1C(CCC)OC(C(NC(=O)C2CC(CCCC)CN2)C(C)C)C(O)C1O. The van der Waals surface area contributed by atoms with Crippen molar-refractivity contribution < 1.29 is 29.3 Å². The molecule has 0 bridgehead atoms. The van der Waals surface area contributed by atoms with E-state index >= 15 is 0 Å². The van der Waals surface area contributed by atoms with Gasteiger partial charge in [-0.15, -0.1) is 0 Å². The van der Waals surface area contributed by atoms with Gasteiger partial charge in [-0.2, -0.15) is 0 Å². The lowest BCUT2D eigenvalue weighted by molar-refractivity contribution is -0.241. The van der Waals surface area contributed by atoms with Crippen molar-refractivity contribution in [3.05, 3.63) is 0 Å². The minimum Gasteiger partial charge on any atom is -0.457 e. The molecule has 2 aliphatic rings. The minimum atomic E-state index is -1.28. The number of rotatable bonds is 14. The fraction of sp³-hybridized carbons (Fsp3) is 0.926. The highest BCUT2D eigenvalue weighted by molar-refractivity contribution is 5.82. The predicted molar refractivity (Wildman–Crippen MR) is 136 cm³/mol. The van der Waals surface area contributed by atoms with Crippen molar-refractivity contribution in [2.45, 2.75) is 141 Å². The summed E-state index contributed by atoms with van der Waals surface area (Å²) in [5.74, 6) is 0.00256. The standard InChI is InChI=1S/C27H50N2O6/c1-6-9-11-14-21(30)35-25-20(12-8-3)34-26(24(32)23(25)31)22(17(4)5)29-27(33)19-15-18(16-28-19)13-10-7-2/h17-20,22-26,28,31-32H,6-16H2,1-5H3,(H,29,33). The smallest absolute Gasteiger partial charge is 0.306 e. The van der Waals surface area contributed by atoms with Crippen LogP contribution in [0.3, 0.4) is 0 Å². The Bertz CT molecular complexity index is 645. The number of nitrogens with one attached hydrogen (secondary N) is 2. The normalized spacial score (nSPS) is 31.9. The lowest BCUT2D eigenvalue weighted by atomic mass is 9.85. The Morgan fingerprint density at radius 2 is 1.74 bits per heavy atom. The highest BCUT2D eigenvalue weighted by Gasteiger charge is 2.49. The summed E-state index contributed by atoms with van der Waals surface area (Å²) in [5.41, 5.74) is 0. The van der Waals surface area contributed by atoms with Crippen LogP contribution in [0.4, 0.5) is 0 Å². The summed E-state index contributed by atoms with van der Waals surface area (Å²) in [5, 5.41) is 28.5. The molecule has 8 heteroatoms. The van der Waals surface area contributed by atoms with E-state index in [0.717, 1.165) is 51.5 Å². The van der Waals surface area contributed by atoms with Crippen LogP contribution in [0.25, 0.3) is 0 Å². The number of carbonyl (C=O) groups excluding carboxylic acids is 2. The number of aliphatic hydroxyl groups is 2. The summed E-state index contributed by atoms with van der Waals surface area (Å²) in [6.45, 7) is 11.0. The molecule has 8 unspecified atom stereocenters. The van der Waals surface area contributed by atoms with Crippen molar-refractivity contribution in [2.75, 3.05) is 6.54 Å². The van der Waals surface area contributed by atoms with E-state index in [-0.39, 0.29) is 30.3 Å². The zero-order chi connectivity index (χ0) is 26.0. The molecule has 0 aliphatic carbocycles. The molecular formula is C27H50N2O6. The topological polar surface area (TPSA) is 117 Å². The van der Waals surface area contributed by atoms with E-state index in [2.05, 4.69) is 24.5 Å². The molecule has 0 spiro atoms. The van der Waals surface area contributed by atoms with Crippen LogP contribution >= 0.6 is 0 Å². The second-order valence-electron chi connectivity index (χ2n) is 10.8. The van der Waals surface area contributed by atoms with Gasteiger partial charge in [-0.25, -0.2) is 0 Å². The Balaban J connectivity index is 2.06. The van der Waals surface area contributed by atoms with Gasteiger partial charge in [-0.1, -0.05) is 66.7 Å². The third kappa shape index (κ3) is 8.69. The van der Waals surface area contributed by atoms with Crippen molar-refractivity contribution >= 4 is 11.9 Å². The van der Waals surface area contributed by atoms with Crippen LogP contribution in [0.5, 0.6) is 0 Å². The monoisotopic (exact) mass is 498 g/mol. The first-order chi connectivity index (χ1) is 16.7. The van der Waals surface area contributed by atoms with E-state index in [9.17, 15) is 19.8 Å². The van der Waals surface area contributed by atoms with Crippen molar-refractivity contribution in [2.24, 2.45) is 11.8 Å². The van der Waals surface area contributed by atoms with E-state index in [1.54, 1.807) is 0 Å². The van der Waals surface area contributed by atoms with Crippen molar-refractivity contribution in [1.29, 1.82) is 0 Å². The molecule has 204 valence electrons. The van der Waals surface area contributed by atoms with E-state index < -0.39 is 36.6 Å². The van der Waals surface area contributed by atoms with Crippen LogP contribution in [0.2, 0.25) is 0 Å². The molecular weight excluding hydrogens is 448 g/mol. The Labute approximate surface area is 211 Å². The Morgan fingerprint density at radius 1 is 1.03 bits per heavy atom. The molecule has 8 atom stereocenters. The molecule has 2 aliphatic heterocycles. The molecule has 35 heavy (non-hydrogen) atoms. The van der Waals surface area contributed by atoms with Crippen molar-refractivity contribution in [1.82, 2.24) is 10.6 Å². The highest BCUT2D eigenvalue weighted by atomic mass is 16.6. The summed E-state index contributed by atoms with van der Waals surface area (Å²) in [7, 11) is 0. The van der Waals surface area contributed by atoms with Gasteiger partial charge in [0, 0.05) is 6.42 Å². The Kier molecular flexibility index (Phi) is 13.0. The molecule has 2 fully saturated rings. The van der Waals surface area contributed by atoms with E-state index in [4.69, 9.17) is 9.47 Å². The van der Waals surface area contributed by atoms with Crippen LogP contribution in [-0.4, -0.2) is 71.2 Å².